The summed E-state index contributed by atoms with van der Waals surface area (Å²) in [6.45, 7) is 1.63. The Kier molecular flexibility index (Phi) is 7.88. The van der Waals surface area contributed by atoms with Crippen LogP contribution in [0.25, 0.3) is 0 Å². The largest absolute Gasteiger partial charge is 0.497 e. The van der Waals surface area contributed by atoms with E-state index in [1.54, 1.807) is 21.1 Å². The van der Waals surface area contributed by atoms with Crippen molar-refractivity contribution < 1.29 is 24.1 Å². The minimum absolute atomic E-state index is 0.0156. The zero-order valence-corrected chi connectivity index (χ0v) is 22.6. The van der Waals surface area contributed by atoms with E-state index in [-0.39, 0.29) is 13.0 Å². The number of ether oxygens (including phenoxy) is 4. The minimum atomic E-state index is -1.08. The van der Waals surface area contributed by atoms with Gasteiger partial charge in [-0.15, -0.1) is 0 Å². The molecule has 1 saturated heterocycles. The molecule has 40 heavy (non-hydrogen) atoms. The standard InChI is InChI=1S/C31H32N2O7/c1-20-18-33(30(36)32-29(20)35)28-17-26(34)27(40-28)19-39-31(21-7-5-4-6-8-21,22-9-13-24(37-2)14-10-22)23-11-15-25(38-3)16-12-23/h4-16,18,26-28,34H,17,19H2,1-3H3,(H,32,35,36)/t26-,27+,28+/m0/s1/i30+2. The van der Waals surface area contributed by atoms with Crippen molar-refractivity contribution in [3.05, 3.63) is 128 Å². The van der Waals surface area contributed by atoms with Gasteiger partial charge in [-0.25, -0.2) is 4.79 Å². The molecule has 2 N–H and O–H groups in total. The lowest BCUT2D eigenvalue weighted by molar-refractivity contribution is -0.0944. The van der Waals surface area contributed by atoms with Crippen LogP contribution in [0.3, 0.4) is 0 Å². The van der Waals surface area contributed by atoms with Gasteiger partial charge >= 0.3 is 5.69 Å². The molecule has 5 rings (SSSR count). The van der Waals surface area contributed by atoms with Crippen LogP contribution >= 0.6 is 0 Å². The van der Waals surface area contributed by atoms with E-state index in [4.69, 9.17) is 18.9 Å². The van der Waals surface area contributed by atoms with Gasteiger partial charge in [0.25, 0.3) is 5.56 Å². The zero-order chi connectivity index (χ0) is 28.3. The molecule has 0 amide bonds. The first-order chi connectivity index (χ1) is 19.3. The maximum absolute atomic E-state index is 12.5. The molecule has 0 aliphatic carbocycles. The fourth-order valence-corrected chi connectivity index (χ4v) is 5.12. The van der Waals surface area contributed by atoms with E-state index in [0.717, 1.165) is 16.7 Å². The van der Waals surface area contributed by atoms with Gasteiger partial charge in [-0.2, -0.15) is 0 Å². The Morgan fingerprint density at radius 1 is 0.950 bits per heavy atom. The molecule has 3 atom stereocenters. The van der Waals surface area contributed by atoms with Crippen LogP contribution in [0.5, 0.6) is 11.5 Å². The van der Waals surface area contributed by atoms with Gasteiger partial charge in [-0.3, -0.25) is 14.3 Å². The number of aromatic nitrogens is 2. The highest BCUT2D eigenvalue weighted by atomic mass is 16.6. The van der Waals surface area contributed by atoms with Gasteiger partial charge < -0.3 is 24.1 Å². The van der Waals surface area contributed by atoms with E-state index in [1.807, 2.05) is 78.9 Å². The van der Waals surface area contributed by atoms with E-state index in [2.05, 4.69) is 4.98 Å². The molecule has 9 heteroatoms. The zero-order valence-electron chi connectivity index (χ0n) is 22.6. The number of aryl methyl sites for hydroxylation is 1. The van der Waals surface area contributed by atoms with Crippen LogP contribution < -0.4 is 20.7 Å². The Hall–Kier alpha value is -4.18. The summed E-state index contributed by atoms with van der Waals surface area (Å²) in [5.74, 6) is 1.42. The number of hydrogen-bond donors (Lipinski definition) is 2. The number of nitrogens with zero attached hydrogens (tertiary/aromatic N) is 1. The number of benzene rings is 3. The molecule has 4 aromatic rings. The summed E-state index contributed by atoms with van der Waals surface area (Å²) < 4.78 is 25.1. The topological polar surface area (TPSA) is 112 Å². The van der Waals surface area contributed by atoms with Crippen LogP contribution in [0.15, 0.2) is 94.6 Å². The van der Waals surface area contributed by atoms with Crippen molar-refractivity contribution in [2.75, 3.05) is 20.8 Å². The van der Waals surface area contributed by atoms with E-state index >= 15 is 0 Å². The van der Waals surface area contributed by atoms with Crippen molar-refractivity contribution >= 4 is 0 Å². The fourth-order valence-electron chi connectivity index (χ4n) is 5.12. The molecule has 1 fully saturated rings. The Bertz CT molecular complexity index is 1500. The van der Waals surface area contributed by atoms with E-state index < -0.39 is 35.3 Å². The highest BCUT2D eigenvalue weighted by molar-refractivity contribution is 5.49. The molecule has 1 aromatic heterocycles. The number of aliphatic hydroxyl groups is 1. The smallest absolute Gasteiger partial charge is 0.330 e. The third kappa shape index (κ3) is 5.19. The highest BCUT2D eigenvalue weighted by Crippen LogP contribution is 2.42. The Labute approximate surface area is 231 Å². The molecule has 0 bridgehead atoms. The van der Waals surface area contributed by atoms with Gasteiger partial charge in [-0.05, 0) is 47.9 Å². The monoisotopic (exact) mass is 546 g/mol. The van der Waals surface area contributed by atoms with E-state index in [1.165, 1.54) is 10.8 Å². The number of nitrogens with one attached hydrogen (secondary N) is 1. The van der Waals surface area contributed by atoms with Crippen LogP contribution in [0.1, 0.15) is 34.9 Å². The summed E-state index contributed by atoms with van der Waals surface area (Å²) >= 11 is 0. The van der Waals surface area contributed by atoms with Crippen molar-refractivity contribution in [3.63, 3.8) is 0 Å². The van der Waals surface area contributed by atoms with Gasteiger partial charge in [0.15, 0.2) is 0 Å². The molecule has 0 spiro atoms. The average molecular weight is 547 g/mol. The molecule has 0 radical (unpaired) electrons. The number of aromatic amines is 1. The summed E-state index contributed by atoms with van der Waals surface area (Å²) in [5, 5.41) is 11.0. The molecule has 1 aliphatic heterocycles. The predicted molar refractivity (Wildman–Crippen MR) is 149 cm³/mol. The highest BCUT2D eigenvalue weighted by Gasteiger charge is 2.42. The lowest BCUT2D eigenvalue weighted by atomic mass is 9.80. The summed E-state index contributed by atoms with van der Waals surface area (Å²) in [6.07, 6.45) is -0.763. The normalized spacial score (nSPS) is 18.9. The number of aliphatic hydroxyl groups excluding tert-OH is 1. The summed E-state index contributed by atoms with van der Waals surface area (Å²) in [7, 11) is 3.23. The first-order valence-electron chi connectivity index (χ1n) is 13.0. The third-order valence-corrected chi connectivity index (χ3v) is 7.30. The molecule has 2 heterocycles. The average Bonchev–Trinajstić information content (AvgIpc) is 3.36. The molecule has 0 unspecified atom stereocenters. The maximum atomic E-state index is 12.5. The number of H-pyrrole nitrogens is 1. The second kappa shape index (κ2) is 11.5. The SMILES string of the molecule is COc1ccc(C(OC[C@H]2O[C@@H](n3cc(C)c(=O)[nH][14c]3=O)C[C@@H]2O)(c2ccccc2)c2ccc(OC)cc2)cc1. The molecular formula is C31H32N2O7. The van der Waals surface area contributed by atoms with Crippen molar-refractivity contribution in [2.45, 2.75) is 37.4 Å². The lowest BCUT2D eigenvalue weighted by Gasteiger charge is -2.37. The van der Waals surface area contributed by atoms with E-state index in [9.17, 15) is 14.7 Å². The van der Waals surface area contributed by atoms with Crippen molar-refractivity contribution in [3.8, 4) is 11.5 Å². The second-order valence-corrected chi connectivity index (χ2v) is 9.73. The maximum Gasteiger partial charge on any atom is 0.330 e. The molecule has 9 nitrogen and oxygen atoms in total. The molecule has 208 valence electrons. The van der Waals surface area contributed by atoms with Crippen LogP contribution in [0, 0.1) is 6.92 Å². The summed E-state index contributed by atoms with van der Waals surface area (Å²) in [6, 6.07) is 25.1. The van der Waals surface area contributed by atoms with Gasteiger partial charge in [0.05, 0.1) is 26.9 Å². The first-order valence-corrected chi connectivity index (χ1v) is 13.0. The Balaban J connectivity index is 1.54. The van der Waals surface area contributed by atoms with Crippen LogP contribution in [-0.2, 0) is 15.1 Å². The van der Waals surface area contributed by atoms with Gasteiger partial charge in [-0.1, -0.05) is 54.6 Å². The quantitative estimate of drug-likeness (QED) is 0.309. The second-order valence-electron chi connectivity index (χ2n) is 9.73. The van der Waals surface area contributed by atoms with Crippen molar-refractivity contribution in [1.29, 1.82) is 0 Å². The van der Waals surface area contributed by atoms with E-state index in [0.29, 0.717) is 17.1 Å². The molecular weight excluding hydrogens is 514 g/mol. The molecule has 0 saturated carbocycles. The number of hydrogen-bond acceptors (Lipinski definition) is 7. The number of methoxy groups -OCH3 is 2. The minimum Gasteiger partial charge on any atom is -0.497 e. The van der Waals surface area contributed by atoms with Crippen LogP contribution in [-0.4, -0.2) is 47.7 Å². The van der Waals surface area contributed by atoms with Gasteiger partial charge in [0.2, 0.25) is 0 Å². The third-order valence-electron chi connectivity index (χ3n) is 7.30. The van der Waals surface area contributed by atoms with Crippen molar-refractivity contribution in [2.24, 2.45) is 0 Å². The van der Waals surface area contributed by atoms with Crippen LogP contribution in [0.2, 0.25) is 0 Å². The Morgan fingerprint density at radius 2 is 1.50 bits per heavy atom. The fraction of sp³-hybridized carbons (Fsp3) is 0.290. The predicted octanol–water partition coefficient (Wildman–Crippen LogP) is 3.52. The van der Waals surface area contributed by atoms with Gasteiger partial charge in [0, 0.05) is 18.2 Å². The number of rotatable bonds is 9. The molecule has 3 aromatic carbocycles. The van der Waals surface area contributed by atoms with Gasteiger partial charge in [0.1, 0.15) is 29.4 Å². The first kappa shape index (κ1) is 27.4. The Morgan fingerprint density at radius 3 is 2.05 bits per heavy atom. The van der Waals surface area contributed by atoms with Crippen molar-refractivity contribution in [1.82, 2.24) is 9.55 Å². The summed E-state index contributed by atoms with van der Waals surface area (Å²) in [5.41, 5.74) is 0.825. The molecule has 1 aliphatic rings. The lowest BCUT2D eigenvalue weighted by Crippen LogP contribution is -2.38. The summed E-state index contributed by atoms with van der Waals surface area (Å²) in [4.78, 5) is 26.6. The van der Waals surface area contributed by atoms with Crippen LogP contribution in [0.4, 0.5) is 0 Å².